The minimum atomic E-state index is -2.09. The van der Waals surface area contributed by atoms with Crippen molar-refractivity contribution in [2.45, 2.75) is 11.8 Å². The molecule has 1 atom stereocenters. The number of aromatic hydroxyl groups is 1. The van der Waals surface area contributed by atoms with Gasteiger partial charge < -0.3 is 14.6 Å². The van der Waals surface area contributed by atoms with E-state index >= 15 is 0 Å². The number of nitrogens with one attached hydrogen (secondary N) is 1. The molecule has 22 heavy (non-hydrogen) atoms. The first-order chi connectivity index (χ1) is 10.5. The van der Waals surface area contributed by atoms with Crippen molar-refractivity contribution in [2.24, 2.45) is 10.2 Å². The third-order valence-corrected chi connectivity index (χ3v) is 3.88. The maximum Gasteiger partial charge on any atom is 0.218 e. The van der Waals surface area contributed by atoms with Crippen molar-refractivity contribution in [1.82, 2.24) is 4.98 Å². The highest BCUT2D eigenvalue weighted by molar-refractivity contribution is 7.79. The zero-order valence-corrected chi connectivity index (χ0v) is 12.5. The molecule has 3 N–H and O–H groups in total. The first-order valence-electron chi connectivity index (χ1n) is 6.48. The molecule has 7 heteroatoms. The number of hydrogen-bond acceptors (Lipinski definition) is 4. The number of hydrogen-bond donors (Lipinski definition) is 3. The summed E-state index contributed by atoms with van der Waals surface area (Å²) >= 11 is -2.09. The van der Waals surface area contributed by atoms with Crippen molar-refractivity contribution in [3.05, 3.63) is 48.0 Å². The van der Waals surface area contributed by atoms with Crippen LogP contribution in [0.4, 0.5) is 11.4 Å². The maximum absolute atomic E-state index is 11.2. The average Bonchev–Trinajstić information content (AvgIpc) is 2.81. The summed E-state index contributed by atoms with van der Waals surface area (Å²) in [5, 5.41) is 18.6. The van der Waals surface area contributed by atoms with Crippen LogP contribution < -0.4 is 0 Å². The minimum Gasteiger partial charge on any atom is -0.493 e. The number of rotatable bonds is 3. The molecule has 3 aromatic rings. The predicted octanol–water partition coefficient (Wildman–Crippen LogP) is 4.18. The zero-order chi connectivity index (χ0) is 15.7. The van der Waals surface area contributed by atoms with Crippen LogP contribution in [0, 0.1) is 6.92 Å². The SMILES string of the molecule is Cc1ccc(N=Nc2c(O)[nH]c3ccc(S(=O)O)cc23)cc1. The number of aromatic nitrogens is 1. The molecule has 1 aromatic heterocycles. The van der Waals surface area contributed by atoms with E-state index in [4.69, 9.17) is 4.55 Å². The van der Waals surface area contributed by atoms with Gasteiger partial charge in [-0.25, -0.2) is 4.21 Å². The summed E-state index contributed by atoms with van der Waals surface area (Å²) in [6.07, 6.45) is 0. The highest BCUT2D eigenvalue weighted by Gasteiger charge is 2.12. The Bertz CT molecular complexity index is 885. The van der Waals surface area contributed by atoms with E-state index in [-0.39, 0.29) is 16.5 Å². The van der Waals surface area contributed by atoms with Crippen molar-refractivity contribution in [1.29, 1.82) is 0 Å². The molecule has 1 unspecified atom stereocenters. The van der Waals surface area contributed by atoms with Crippen LogP contribution in [-0.4, -0.2) is 18.9 Å². The van der Waals surface area contributed by atoms with Gasteiger partial charge in [-0.3, -0.25) is 0 Å². The summed E-state index contributed by atoms with van der Waals surface area (Å²) in [7, 11) is 0. The normalized spacial score (nSPS) is 13.0. The van der Waals surface area contributed by atoms with Gasteiger partial charge in [0, 0.05) is 5.39 Å². The van der Waals surface area contributed by atoms with E-state index in [0.717, 1.165) is 5.56 Å². The summed E-state index contributed by atoms with van der Waals surface area (Å²) in [5.41, 5.74) is 2.62. The molecule has 0 saturated heterocycles. The van der Waals surface area contributed by atoms with Crippen molar-refractivity contribution in [3.63, 3.8) is 0 Å². The summed E-state index contributed by atoms with van der Waals surface area (Å²) < 4.78 is 20.3. The summed E-state index contributed by atoms with van der Waals surface area (Å²) in [4.78, 5) is 2.99. The van der Waals surface area contributed by atoms with Gasteiger partial charge in [-0.05, 0) is 37.3 Å². The number of aryl methyl sites for hydroxylation is 1. The molecule has 112 valence electrons. The van der Waals surface area contributed by atoms with E-state index in [1.807, 2.05) is 31.2 Å². The first-order valence-corrected chi connectivity index (χ1v) is 7.59. The molecule has 1 heterocycles. The fourth-order valence-electron chi connectivity index (χ4n) is 2.07. The third kappa shape index (κ3) is 2.76. The molecule has 0 amide bonds. The molecule has 0 saturated carbocycles. The maximum atomic E-state index is 11.2. The lowest BCUT2D eigenvalue weighted by Crippen LogP contribution is -1.86. The lowest BCUT2D eigenvalue weighted by atomic mass is 10.2. The van der Waals surface area contributed by atoms with Gasteiger partial charge in [0.05, 0.1) is 16.1 Å². The number of fused-ring (bicyclic) bond motifs is 1. The second kappa shape index (κ2) is 5.70. The zero-order valence-electron chi connectivity index (χ0n) is 11.6. The monoisotopic (exact) mass is 315 g/mol. The van der Waals surface area contributed by atoms with Crippen LogP contribution in [0.3, 0.4) is 0 Å². The van der Waals surface area contributed by atoms with Gasteiger partial charge in [-0.1, -0.05) is 17.7 Å². The molecule has 0 bridgehead atoms. The Hall–Kier alpha value is -2.51. The number of nitrogens with zero attached hydrogens (tertiary/aromatic N) is 2. The Balaban J connectivity index is 2.05. The van der Waals surface area contributed by atoms with E-state index in [9.17, 15) is 9.32 Å². The van der Waals surface area contributed by atoms with Gasteiger partial charge in [0.25, 0.3) is 0 Å². The Morgan fingerprint density at radius 3 is 2.50 bits per heavy atom. The molecule has 3 rings (SSSR count). The lowest BCUT2D eigenvalue weighted by Gasteiger charge is -1.96. The van der Waals surface area contributed by atoms with Gasteiger partial charge in [0.1, 0.15) is 0 Å². The number of azo groups is 1. The van der Waals surface area contributed by atoms with E-state index in [2.05, 4.69) is 15.2 Å². The summed E-state index contributed by atoms with van der Waals surface area (Å²) in [6, 6.07) is 12.1. The minimum absolute atomic E-state index is 0.133. The fourth-order valence-corrected chi connectivity index (χ4v) is 2.47. The third-order valence-electron chi connectivity index (χ3n) is 3.22. The smallest absolute Gasteiger partial charge is 0.218 e. The fraction of sp³-hybridized carbons (Fsp3) is 0.0667. The average molecular weight is 315 g/mol. The Morgan fingerprint density at radius 1 is 1.09 bits per heavy atom. The largest absolute Gasteiger partial charge is 0.493 e. The molecule has 2 aromatic carbocycles. The molecular formula is C15H13N3O3S. The van der Waals surface area contributed by atoms with Crippen molar-refractivity contribution in [3.8, 4) is 5.88 Å². The number of aromatic amines is 1. The van der Waals surface area contributed by atoms with Gasteiger partial charge in [0.15, 0.2) is 16.8 Å². The van der Waals surface area contributed by atoms with Crippen molar-refractivity contribution in [2.75, 3.05) is 0 Å². The molecule has 6 nitrogen and oxygen atoms in total. The summed E-state index contributed by atoms with van der Waals surface area (Å²) in [6.45, 7) is 1.98. The molecule has 0 spiro atoms. The summed E-state index contributed by atoms with van der Waals surface area (Å²) in [5.74, 6) is -0.133. The second-order valence-corrected chi connectivity index (χ2v) is 5.78. The standard InChI is InChI=1S/C15H13N3O3S/c1-9-2-4-10(5-3-9)17-18-14-12-8-11(22(20)21)6-7-13(12)16-15(14)19/h2-8,16,19H,1H3,(H,20,21). The van der Waals surface area contributed by atoms with Crippen LogP contribution in [0.5, 0.6) is 5.88 Å². The Kier molecular flexibility index (Phi) is 3.74. The first kappa shape index (κ1) is 14.4. The van der Waals surface area contributed by atoms with Crippen LogP contribution in [0.25, 0.3) is 10.9 Å². The van der Waals surface area contributed by atoms with Crippen molar-refractivity contribution < 1.29 is 13.9 Å². The Labute approximate surface area is 128 Å². The lowest BCUT2D eigenvalue weighted by molar-refractivity contribution is 0.459. The van der Waals surface area contributed by atoms with E-state index in [1.165, 1.54) is 12.1 Å². The molecule has 0 aliphatic rings. The van der Waals surface area contributed by atoms with Gasteiger partial charge in [-0.2, -0.15) is 5.11 Å². The van der Waals surface area contributed by atoms with Crippen molar-refractivity contribution >= 4 is 33.4 Å². The molecule has 0 fully saturated rings. The molecule has 0 aliphatic carbocycles. The molecular weight excluding hydrogens is 302 g/mol. The highest BCUT2D eigenvalue weighted by Crippen LogP contribution is 2.37. The Morgan fingerprint density at radius 2 is 1.82 bits per heavy atom. The van der Waals surface area contributed by atoms with E-state index < -0.39 is 11.1 Å². The van der Waals surface area contributed by atoms with Gasteiger partial charge in [-0.15, -0.1) is 5.11 Å². The second-order valence-electron chi connectivity index (χ2n) is 4.81. The quantitative estimate of drug-likeness (QED) is 0.499. The van der Waals surface area contributed by atoms with Crippen LogP contribution in [0.15, 0.2) is 57.6 Å². The van der Waals surface area contributed by atoms with Crippen LogP contribution >= 0.6 is 0 Å². The van der Waals surface area contributed by atoms with E-state index in [1.54, 1.807) is 6.07 Å². The topological polar surface area (TPSA) is 98.0 Å². The predicted molar refractivity (Wildman–Crippen MR) is 84.4 cm³/mol. The van der Waals surface area contributed by atoms with Gasteiger partial charge >= 0.3 is 0 Å². The van der Waals surface area contributed by atoms with Crippen LogP contribution in [0.2, 0.25) is 0 Å². The van der Waals surface area contributed by atoms with Gasteiger partial charge in [0.2, 0.25) is 5.88 Å². The number of benzene rings is 2. The van der Waals surface area contributed by atoms with E-state index in [0.29, 0.717) is 16.6 Å². The van der Waals surface area contributed by atoms with Crippen LogP contribution in [-0.2, 0) is 11.1 Å². The van der Waals surface area contributed by atoms with Crippen LogP contribution in [0.1, 0.15) is 5.56 Å². The molecule has 0 aliphatic heterocycles. The highest BCUT2D eigenvalue weighted by atomic mass is 32.2. The number of H-pyrrole nitrogens is 1. The molecule has 0 radical (unpaired) electrons.